The largest absolute Gasteiger partial charge is 0.325 e. The van der Waals surface area contributed by atoms with E-state index in [0.717, 1.165) is 48.2 Å². The highest BCUT2D eigenvalue weighted by Gasteiger charge is 2.21. The van der Waals surface area contributed by atoms with E-state index >= 15 is 0 Å². The summed E-state index contributed by atoms with van der Waals surface area (Å²) in [5, 5.41) is 7.35. The number of rotatable bonds is 2. The molecule has 0 saturated carbocycles. The number of hydrogen-bond donors (Lipinski definition) is 2. The molecule has 1 atom stereocenters. The molecule has 0 spiro atoms. The lowest BCUT2D eigenvalue weighted by atomic mass is 9.98. The van der Waals surface area contributed by atoms with Crippen LogP contribution in [0.1, 0.15) is 18.5 Å². The van der Waals surface area contributed by atoms with Gasteiger partial charge < -0.3 is 10.6 Å². The summed E-state index contributed by atoms with van der Waals surface area (Å²) in [4.78, 5) is 16.8. The quantitative estimate of drug-likeness (QED) is 0.880. The predicted molar refractivity (Wildman–Crippen MR) is 80.7 cm³/mol. The topological polar surface area (TPSA) is 54.0 Å². The number of anilines is 1. The highest BCUT2D eigenvalue weighted by Crippen LogP contribution is 2.24. The van der Waals surface area contributed by atoms with E-state index in [1.54, 1.807) is 0 Å². The molecule has 1 amide bonds. The zero-order chi connectivity index (χ0) is 13.9. The molecule has 4 nitrogen and oxygen atoms in total. The van der Waals surface area contributed by atoms with Gasteiger partial charge in [0.05, 0.1) is 17.1 Å². The number of para-hydroxylation sites is 1. The van der Waals surface area contributed by atoms with Gasteiger partial charge in [0.25, 0.3) is 0 Å². The van der Waals surface area contributed by atoms with Gasteiger partial charge in [0.2, 0.25) is 5.91 Å². The van der Waals surface area contributed by atoms with E-state index in [1.165, 1.54) is 0 Å². The molecule has 104 valence electrons. The van der Waals surface area contributed by atoms with Gasteiger partial charge >= 0.3 is 0 Å². The lowest BCUT2D eigenvalue weighted by Crippen LogP contribution is -2.37. The fourth-order valence-electron chi connectivity index (χ4n) is 2.72. The van der Waals surface area contributed by atoms with Crippen LogP contribution < -0.4 is 10.6 Å². The van der Waals surface area contributed by atoms with E-state index in [2.05, 4.69) is 15.6 Å². The molecule has 0 bridgehead atoms. The minimum atomic E-state index is 0.0657. The lowest BCUT2D eigenvalue weighted by Gasteiger charge is -2.22. The minimum Gasteiger partial charge on any atom is -0.325 e. The first-order chi connectivity index (χ1) is 9.74. The minimum absolute atomic E-state index is 0.0657. The van der Waals surface area contributed by atoms with Gasteiger partial charge in [-0.3, -0.25) is 9.78 Å². The Morgan fingerprint density at radius 3 is 3.05 bits per heavy atom. The van der Waals surface area contributed by atoms with Gasteiger partial charge in [-0.25, -0.2) is 0 Å². The molecular weight excluding hydrogens is 250 g/mol. The predicted octanol–water partition coefficient (Wildman–Crippen LogP) is 2.48. The van der Waals surface area contributed by atoms with Crippen molar-refractivity contribution in [2.24, 2.45) is 5.92 Å². The molecule has 1 aliphatic heterocycles. The molecule has 1 fully saturated rings. The fraction of sp³-hybridized carbons (Fsp3) is 0.375. The third kappa shape index (κ3) is 2.65. The van der Waals surface area contributed by atoms with E-state index in [4.69, 9.17) is 0 Å². The number of carbonyl (C=O) groups is 1. The fourth-order valence-corrected chi connectivity index (χ4v) is 2.72. The maximum absolute atomic E-state index is 12.4. The normalized spacial score (nSPS) is 18.9. The Balaban J connectivity index is 1.88. The van der Waals surface area contributed by atoms with Crippen molar-refractivity contribution in [2.45, 2.75) is 19.8 Å². The molecule has 4 heteroatoms. The zero-order valence-corrected chi connectivity index (χ0v) is 11.6. The molecule has 3 rings (SSSR count). The van der Waals surface area contributed by atoms with Crippen molar-refractivity contribution in [2.75, 3.05) is 18.4 Å². The maximum Gasteiger partial charge on any atom is 0.228 e. The van der Waals surface area contributed by atoms with Crippen molar-refractivity contribution >= 4 is 22.5 Å². The van der Waals surface area contributed by atoms with Crippen LogP contribution in [0.2, 0.25) is 0 Å². The molecule has 2 heterocycles. The smallest absolute Gasteiger partial charge is 0.228 e. The Morgan fingerprint density at radius 1 is 1.40 bits per heavy atom. The number of fused-ring (bicyclic) bond motifs is 1. The van der Waals surface area contributed by atoms with Gasteiger partial charge in [-0.15, -0.1) is 0 Å². The van der Waals surface area contributed by atoms with Crippen molar-refractivity contribution in [3.05, 3.63) is 36.0 Å². The van der Waals surface area contributed by atoms with Crippen LogP contribution in [0.3, 0.4) is 0 Å². The number of amides is 1. The molecule has 0 unspecified atom stereocenters. The summed E-state index contributed by atoms with van der Waals surface area (Å²) < 4.78 is 0. The monoisotopic (exact) mass is 269 g/mol. The zero-order valence-electron chi connectivity index (χ0n) is 11.6. The average Bonchev–Trinajstić information content (AvgIpc) is 2.48. The van der Waals surface area contributed by atoms with Crippen LogP contribution in [0.4, 0.5) is 5.69 Å². The summed E-state index contributed by atoms with van der Waals surface area (Å²) in [6.07, 6.45) is 2.02. The first-order valence-electron chi connectivity index (χ1n) is 7.12. The second-order valence-corrected chi connectivity index (χ2v) is 5.36. The highest BCUT2D eigenvalue weighted by atomic mass is 16.1. The highest BCUT2D eigenvalue weighted by molar-refractivity contribution is 6.01. The van der Waals surface area contributed by atoms with E-state index in [-0.39, 0.29) is 11.8 Å². The summed E-state index contributed by atoms with van der Waals surface area (Å²) in [5.74, 6) is 0.170. The maximum atomic E-state index is 12.4. The molecule has 1 aromatic heterocycles. The number of aromatic nitrogens is 1. The van der Waals surface area contributed by atoms with Crippen LogP contribution in [0.5, 0.6) is 0 Å². The van der Waals surface area contributed by atoms with E-state index in [0.29, 0.717) is 0 Å². The Bertz CT molecular complexity index is 633. The lowest BCUT2D eigenvalue weighted by molar-refractivity contribution is -0.120. The molecule has 1 saturated heterocycles. The number of hydrogen-bond acceptors (Lipinski definition) is 3. The van der Waals surface area contributed by atoms with Crippen molar-refractivity contribution in [3.63, 3.8) is 0 Å². The van der Waals surface area contributed by atoms with Crippen LogP contribution >= 0.6 is 0 Å². The van der Waals surface area contributed by atoms with Crippen LogP contribution in [-0.2, 0) is 4.79 Å². The Kier molecular flexibility index (Phi) is 3.65. The molecule has 2 aromatic rings. The second-order valence-electron chi connectivity index (χ2n) is 5.36. The summed E-state index contributed by atoms with van der Waals surface area (Å²) in [6, 6.07) is 9.84. The van der Waals surface area contributed by atoms with Gasteiger partial charge in [-0.1, -0.05) is 18.2 Å². The summed E-state index contributed by atoms with van der Waals surface area (Å²) >= 11 is 0. The van der Waals surface area contributed by atoms with Crippen LogP contribution in [-0.4, -0.2) is 24.0 Å². The van der Waals surface area contributed by atoms with Crippen molar-refractivity contribution in [3.8, 4) is 0 Å². The summed E-state index contributed by atoms with van der Waals surface area (Å²) in [6.45, 7) is 3.74. The van der Waals surface area contributed by atoms with E-state index in [1.807, 2.05) is 37.3 Å². The van der Waals surface area contributed by atoms with E-state index < -0.39 is 0 Å². The molecule has 1 aromatic carbocycles. The molecule has 0 radical (unpaired) electrons. The Morgan fingerprint density at radius 2 is 2.25 bits per heavy atom. The summed E-state index contributed by atoms with van der Waals surface area (Å²) in [5.41, 5.74) is 2.70. The third-order valence-corrected chi connectivity index (χ3v) is 3.77. The van der Waals surface area contributed by atoms with Crippen molar-refractivity contribution < 1.29 is 4.79 Å². The molecule has 2 N–H and O–H groups in total. The van der Waals surface area contributed by atoms with Crippen molar-refractivity contribution in [1.82, 2.24) is 10.3 Å². The molecule has 20 heavy (non-hydrogen) atoms. The summed E-state index contributed by atoms with van der Waals surface area (Å²) in [7, 11) is 0. The van der Waals surface area contributed by atoms with Gasteiger partial charge in [0, 0.05) is 17.6 Å². The number of benzene rings is 1. The third-order valence-electron chi connectivity index (χ3n) is 3.77. The van der Waals surface area contributed by atoms with Gasteiger partial charge in [-0.05, 0) is 38.4 Å². The van der Waals surface area contributed by atoms with E-state index in [9.17, 15) is 4.79 Å². The molecule has 0 aliphatic carbocycles. The van der Waals surface area contributed by atoms with Gasteiger partial charge in [0.15, 0.2) is 0 Å². The SMILES string of the molecule is Cc1cc(NC(=O)[C@H]2CCCNC2)c2ccccc2n1. The van der Waals surface area contributed by atoms with Crippen molar-refractivity contribution in [1.29, 1.82) is 0 Å². The Labute approximate surface area is 118 Å². The van der Waals surface area contributed by atoms with Crippen LogP contribution in [0.15, 0.2) is 30.3 Å². The molecular formula is C16H19N3O. The standard InChI is InChI=1S/C16H19N3O/c1-11-9-15(13-6-2-3-7-14(13)18-11)19-16(20)12-5-4-8-17-10-12/h2-3,6-7,9,12,17H,4-5,8,10H2,1H3,(H,18,19,20)/t12-/m0/s1. The first kappa shape index (κ1) is 13.1. The number of nitrogens with zero attached hydrogens (tertiary/aromatic N) is 1. The van der Waals surface area contributed by atoms with Gasteiger partial charge in [-0.2, -0.15) is 0 Å². The number of piperidine rings is 1. The Hall–Kier alpha value is -1.94. The van der Waals surface area contributed by atoms with Crippen LogP contribution in [0.25, 0.3) is 10.9 Å². The average molecular weight is 269 g/mol. The number of aryl methyl sites for hydroxylation is 1. The second kappa shape index (κ2) is 5.59. The number of pyridine rings is 1. The number of nitrogens with one attached hydrogen (secondary N) is 2. The van der Waals surface area contributed by atoms with Crippen LogP contribution in [0, 0.1) is 12.8 Å². The number of carbonyl (C=O) groups excluding carboxylic acids is 1. The molecule has 1 aliphatic rings. The first-order valence-corrected chi connectivity index (χ1v) is 7.12. The van der Waals surface area contributed by atoms with Gasteiger partial charge in [0.1, 0.15) is 0 Å².